The molecule has 0 radical (unpaired) electrons. The van der Waals surface area contributed by atoms with Gasteiger partial charge >= 0.3 is 0 Å². The second-order valence-corrected chi connectivity index (χ2v) is 18.1. The molecule has 15 aromatic rings. The second kappa shape index (κ2) is 11.2. The van der Waals surface area contributed by atoms with E-state index in [9.17, 15) is 9.59 Å². The van der Waals surface area contributed by atoms with Gasteiger partial charge in [-0.1, -0.05) is 158 Å². The first-order valence-corrected chi connectivity index (χ1v) is 22.1. The topological polar surface area (TPSA) is 37.4 Å². The summed E-state index contributed by atoms with van der Waals surface area (Å²) in [5.41, 5.74) is 6.22. The minimum absolute atomic E-state index is 0.251. The van der Waals surface area contributed by atoms with E-state index in [-0.39, 0.29) is 11.8 Å². The Kier molecular flexibility index (Phi) is 5.79. The summed E-state index contributed by atoms with van der Waals surface area (Å²) in [6, 6.07) is 62.6. The molecule has 1 aliphatic heterocycles. The van der Waals surface area contributed by atoms with Crippen molar-refractivity contribution in [1.29, 1.82) is 0 Å². The fourth-order valence-electron chi connectivity index (χ4n) is 12.9. The fourth-order valence-corrected chi connectivity index (χ4v) is 12.9. The highest BCUT2D eigenvalue weighted by Gasteiger charge is 2.33. The summed E-state index contributed by atoms with van der Waals surface area (Å²) in [7, 11) is 1.57. The Bertz CT molecular complexity index is 4350. The van der Waals surface area contributed by atoms with E-state index in [0.717, 1.165) is 32.3 Å². The van der Waals surface area contributed by atoms with Crippen molar-refractivity contribution in [2.75, 3.05) is 7.05 Å². The quantitative estimate of drug-likeness (QED) is 0.0991. The third-order valence-electron chi connectivity index (χ3n) is 15.3. The lowest BCUT2D eigenvalue weighted by Crippen LogP contribution is -2.36. The van der Waals surface area contributed by atoms with Gasteiger partial charge in [-0.05, 0) is 158 Å². The smallest absolute Gasteiger partial charge is 0.261 e. The predicted octanol–water partition coefficient (Wildman–Crippen LogP) is 15.8. The van der Waals surface area contributed by atoms with E-state index in [4.69, 9.17) is 0 Å². The molecular weight excluding hydrogens is 779 g/mol. The highest BCUT2D eigenvalue weighted by Crippen LogP contribution is 2.57. The molecule has 0 spiro atoms. The zero-order valence-electron chi connectivity index (χ0n) is 34.4. The summed E-state index contributed by atoms with van der Waals surface area (Å²) in [4.78, 5) is 28.2. The number of carbonyl (C=O) groups is 2. The molecule has 2 amide bonds. The average Bonchev–Trinajstić information content (AvgIpc) is 3.86. The second-order valence-electron chi connectivity index (χ2n) is 18.1. The van der Waals surface area contributed by atoms with Gasteiger partial charge in [-0.3, -0.25) is 14.5 Å². The van der Waals surface area contributed by atoms with Crippen LogP contribution in [0.15, 0.2) is 170 Å². The molecule has 292 valence electrons. The zero-order valence-corrected chi connectivity index (χ0v) is 34.4. The molecular formula is C61H31NO2. The molecule has 0 atom stereocenters. The molecule has 0 fully saturated rings. The van der Waals surface area contributed by atoms with E-state index in [1.54, 1.807) is 7.05 Å². The van der Waals surface area contributed by atoms with Crippen LogP contribution in [0, 0.1) is 0 Å². The predicted molar refractivity (Wildman–Crippen MR) is 269 cm³/mol. The van der Waals surface area contributed by atoms with E-state index >= 15 is 0 Å². The van der Waals surface area contributed by atoms with E-state index in [0.29, 0.717) is 11.1 Å². The maximum Gasteiger partial charge on any atom is 0.261 e. The number of nitrogens with zero attached hydrogens (tertiary/aromatic N) is 1. The van der Waals surface area contributed by atoms with Gasteiger partial charge < -0.3 is 0 Å². The minimum atomic E-state index is -0.251. The first kappa shape index (κ1) is 33.3. The molecule has 1 aliphatic rings. The van der Waals surface area contributed by atoms with Crippen LogP contribution in [0.2, 0.25) is 0 Å². The Hall–Kier alpha value is -8.40. The normalized spacial score (nSPS) is 13.7. The van der Waals surface area contributed by atoms with Crippen LogP contribution in [0.1, 0.15) is 20.7 Å². The van der Waals surface area contributed by atoms with E-state index < -0.39 is 0 Å². The largest absolute Gasteiger partial charge is 0.277 e. The van der Waals surface area contributed by atoms with Gasteiger partial charge in [-0.2, -0.15) is 0 Å². The summed E-state index contributed by atoms with van der Waals surface area (Å²) in [5.74, 6) is -0.502. The molecule has 64 heavy (non-hydrogen) atoms. The summed E-state index contributed by atoms with van der Waals surface area (Å²) >= 11 is 0. The van der Waals surface area contributed by atoms with Crippen LogP contribution in [-0.2, 0) is 0 Å². The van der Waals surface area contributed by atoms with E-state index in [2.05, 4.69) is 158 Å². The Balaban J connectivity index is 1.11. The van der Waals surface area contributed by atoms with Gasteiger partial charge in [0.25, 0.3) is 11.8 Å². The van der Waals surface area contributed by atoms with Gasteiger partial charge in [0.15, 0.2) is 0 Å². The van der Waals surface area contributed by atoms with Crippen molar-refractivity contribution in [2.45, 2.75) is 0 Å². The number of fused-ring (bicyclic) bond motifs is 10. The number of rotatable bonds is 2. The SMILES string of the molecule is CN1C(=O)c2ccc3c4ccc5c6ccc7c8c(-c9ccccc9)c9c%10cccc%11cccc(c9c(-c9ccccc9)c8c8ccc(c9ccc(c%12ccc(c2c3%12)C1=O)c4c59)c6c78)c%11%10. The Morgan fingerprint density at radius 1 is 0.266 bits per heavy atom. The van der Waals surface area contributed by atoms with Gasteiger partial charge in [0, 0.05) is 23.6 Å². The van der Waals surface area contributed by atoms with Gasteiger partial charge in [0.05, 0.1) is 0 Å². The maximum atomic E-state index is 13.5. The molecule has 0 bridgehead atoms. The van der Waals surface area contributed by atoms with Crippen LogP contribution in [0.3, 0.4) is 0 Å². The summed E-state index contributed by atoms with van der Waals surface area (Å²) in [6.45, 7) is 0. The molecule has 3 nitrogen and oxygen atoms in total. The lowest BCUT2D eigenvalue weighted by Gasteiger charge is -2.26. The van der Waals surface area contributed by atoms with E-state index in [1.165, 1.54) is 124 Å². The number of hydrogen-bond acceptors (Lipinski definition) is 2. The number of amides is 2. The monoisotopic (exact) mass is 809 g/mol. The molecule has 0 aliphatic carbocycles. The summed E-state index contributed by atoms with van der Waals surface area (Å²) in [6.07, 6.45) is 0. The van der Waals surface area contributed by atoms with Crippen LogP contribution in [0.25, 0.3) is 152 Å². The van der Waals surface area contributed by atoms with Crippen molar-refractivity contribution < 1.29 is 9.59 Å². The highest BCUT2D eigenvalue weighted by atomic mass is 16.2. The van der Waals surface area contributed by atoms with Crippen LogP contribution in [-0.4, -0.2) is 23.8 Å². The average molecular weight is 810 g/mol. The molecule has 0 unspecified atom stereocenters. The number of hydrogen-bond donors (Lipinski definition) is 0. The van der Waals surface area contributed by atoms with Gasteiger partial charge in [0.1, 0.15) is 0 Å². The summed E-state index contributed by atoms with van der Waals surface area (Å²) in [5, 5.41) is 29.3. The lowest BCUT2D eigenvalue weighted by atomic mass is 9.82. The van der Waals surface area contributed by atoms with Crippen molar-refractivity contribution >= 4 is 141 Å². The number of carbonyl (C=O) groups excluding carboxylic acids is 2. The highest BCUT2D eigenvalue weighted by molar-refractivity contribution is 6.51. The van der Waals surface area contributed by atoms with E-state index in [1.807, 2.05) is 12.1 Å². The fraction of sp³-hybridized carbons (Fsp3) is 0.0164. The van der Waals surface area contributed by atoms with Crippen molar-refractivity contribution in [3.8, 4) is 22.3 Å². The molecule has 3 heteroatoms. The first-order valence-electron chi connectivity index (χ1n) is 22.1. The molecule has 0 saturated heterocycles. The van der Waals surface area contributed by atoms with Crippen molar-refractivity contribution in [3.05, 3.63) is 181 Å². The number of imide groups is 1. The zero-order chi connectivity index (χ0) is 41.9. The van der Waals surface area contributed by atoms with Gasteiger partial charge in [-0.15, -0.1) is 0 Å². The van der Waals surface area contributed by atoms with Crippen molar-refractivity contribution in [1.82, 2.24) is 4.90 Å². The molecule has 16 rings (SSSR count). The lowest BCUT2D eigenvalue weighted by molar-refractivity contribution is 0.0650. The van der Waals surface area contributed by atoms with Gasteiger partial charge in [0.2, 0.25) is 0 Å². The Morgan fingerprint density at radius 2 is 0.578 bits per heavy atom. The molecule has 0 saturated carbocycles. The molecule has 1 heterocycles. The van der Waals surface area contributed by atoms with Crippen molar-refractivity contribution in [2.24, 2.45) is 0 Å². The Morgan fingerprint density at radius 3 is 0.969 bits per heavy atom. The van der Waals surface area contributed by atoms with Crippen LogP contribution in [0.5, 0.6) is 0 Å². The first-order chi connectivity index (χ1) is 31.6. The van der Waals surface area contributed by atoms with Gasteiger partial charge in [-0.25, -0.2) is 0 Å². The van der Waals surface area contributed by atoms with Crippen molar-refractivity contribution in [3.63, 3.8) is 0 Å². The molecule has 15 aromatic carbocycles. The number of benzene rings is 13. The third-order valence-corrected chi connectivity index (χ3v) is 15.3. The maximum absolute atomic E-state index is 13.5. The third kappa shape index (κ3) is 3.65. The molecule has 0 aromatic heterocycles. The standard InChI is InChI=1S/C61H31NO2/c1-62-60(63)45-28-24-39-35-20-18-33-37-22-26-43-54-44(27-23-38(52(37)54)34-19-21-36(51(35)50(33)34)40-25-29-46(61(62)64)55(45)53(39)40)59-49(32-12-6-3-7-13-32)57-42-17-9-15-30-14-8-16-41(47(30)42)56(57)48(58(43)59)31-10-4-2-5-11-31/h2-29H,1H3. The Labute approximate surface area is 364 Å². The summed E-state index contributed by atoms with van der Waals surface area (Å²) < 4.78 is 0. The van der Waals surface area contributed by atoms with Crippen LogP contribution < -0.4 is 0 Å². The molecule has 0 N–H and O–H groups in total. The van der Waals surface area contributed by atoms with Crippen LogP contribution in [0.4, 0.5) is 0 Å². The minimum Gasteiger partial charge on any atom is -0.277 e. The van der Waals surface area contributed by atoms with Crippen LogP contribution >= 0.6 is 0 Å².